The van der Waals surface area contributed by atoms with Crippen molar-refractivity contribution in [3.63, 3.8) is 0 Å². The average molecular weight is 939 g/mol. The van der Waals surface area contributed by atoms with Gasteiger partial charge in [-0.2, -0.15) is 47.4 Å². The predicted molar refractivity (Wildman–Crippen MR) is 256 cm³/mol. The molecule has 14 heteroatoms. The van der Waals surface area contributed by atoms with E-state index in [2.05, 4.69) is 24.3 Å². The lowest BCUT2D eigenvalue weighted by Gasteiger charge is -2.22. The maximum atomic E-state index is 14.6. The van der Waals surface area contributed by atoms with Crippen molar-refractivity contribution in [1.82, 2.24) is 19.5 Å². The maximum absolute atomic E-state index is 14.6. The highest BCUT2D eigenvalue weighted by Gasteiger charge is 2.38. The predicted octanol–water partition coefficient (Wildman–Crippen LogP) is 14.5. The lowest BCUT2D eigenvalue weighted by molar-refractivity contribution is -0.142. The molecule has 10 aromatic rings. The van der Waals surface area contributed by atoms with E-state index in [0.29, 0.717) is 84.2 Å². The number of aromatic nitrogens is 4. The molecule has 0 unspecified atom stereocenters. The molecule has 8 nitrogen and oxygen atoms in total. The van der Waals surface area contributed by atoms with Gasteiger partial charge in [-0.3, -0.25) is 0 Å². The van der Waals surface area contributed by atoms with Crippen LogP contribution < -0.4 is 0 Å². The van der Waals surface area contributed by atoms with Gasteiger partial charge in [-0.05, 0) is 101 Å². The van der Waals surface area contributed by atoms with Crippen molar-refractivity contribution in [2.75, 3.05) is 0 Å². The Bertz CT molecular complexity index is 3740. The summed E-state index contributed by atoms with van der Waals surface area (Å²) in [6.07, 6.45) is -10.2. The number of halogens is 6. The minimum Gasteiger partial charge on any atom is -0.308 e. The van der Waals surface area contributed by atoms with Gasteiger partial charge < -0.3 is 4.57 Å². The summed E-state index contributed by atoms with van der Waals surface area (Å²) in [5.41, 5.74) is 1.98. The van der Waals surface area contributed by atoms with Crippen LogP contribution in [0.5, 0.6) is 0 Å². The molecule has 0 spiro atoms. The topological polar surface area (TPSA) is 139 Å². The van der Waals surface area contributed by atoms with E-state index in [1.165, 1.54) is 24.3 Å². The number of rotatable bonds is 7. The van der Waals surface area contributed by atoms with Gasteiger partial charge in [0.1, 0.15) is 0 Å². The molecule has 0 bridgehead atoms. The summed E-state index contributed by atoms with van der Waals surface area (Å²) in [7, 11) is 0. The number of para-hydroxylation sites is 1. The average Bonchev–Trinajstić information content (AvgIpc) is 3.73. The molecule has 10 rings (SSSR count). The van der Waals surface area contributed by atoms with Gasteiger partial charge in [0.2, 0.25) is 0 Å². The van der Waals surface area contributed by atoms with Crippen LogP contribution in [0.15, 0.2) is 170 Å². The highest BCUT2D eigenvalue weighted by atomic mass is 19.4. The quantitative estimate of drug-likeness (QED) is 0.145. The number of alkyl halides is 6. The molecule has 0 saturated heterocycles. The van der Waals surface area contributed by atoms with E-state index >= 15 is 0 Å². The number of nitrogens with zero attached hydrogens (tertiary/aromatic N) is 8. The first-order valence-corrected chi connectivity index (χ1v) is 21.5. The highest BCUT2D eigenvalue weighted by molar-refractivity contribution is 6.12. The van der Waals surface area contributed by atoms with Crippen LogP contribution in [-0.2, 0) is 12.4 Å². The minimum atomic E-state index is -5.15. The van der Waals surface area contributed by atoms with E-state index in [-0.39, 0.29) is 39.7 Å². The van der Waals surface area contributed by atoms with Crippen LogP contribution in [0, 0.1) is 45.3 Å². The molecule has 0 aliphatic carbocycles. The second-order valence-electron chi connectivity index (χ2n) is 16.3. The third-order valence-corrected chi connectivity index (χ3v) is 11.9. The molecule has 0 fully saturated rings. The van der Waals surface area contributed by atoms with Gasteiger partial charge in [0.25, 0.3) is 0 Å². The zero-order valence-corrected chi connectivity index (χ0v) is 36.5. The molecule has 338 valence electrons. The molecule has 2 heterocycles. The third-order valence-electron chi connectivity index (χ3n) is 11.9. The number of fused-ring (bicyclic) bond motifs is 3. The first-order valence-electron chi connectivity index (χ1n) is 21.5. The van der Waals surface area contributed by atoms with Crippen molar-refractivity contribution in [2.24, 2.45) is 0 Å². The summed E-state index contributed by atoms with van der Waals surface area (Å²) in [5.74, 6) is 0.903. The Morgan fingerprint density at radius 3 is 1.31 bits per heavy atom. The smallest absolute Gasteiger partial charge is 0.308 e. The Hall–Kier alpha value is -9.89. The Kier molecular flexibility index (Phi) is 11.2. The fourth-order valence-corrected chi connectivity index (χ4v) is 8.79. The molecule has 0 N–H and O–H groups in total. The van der Waals surface area contributed by atoms with Gasteiger partial charge in [-0.15, -0.1) is 0 Å². The van der Waals surface area contributed by atoms with Crippen LogP contribution in [0.25, 0.3) is 95.0 Å². The number of nitriles is 4. The van der Waals surface area contributed by atoms with Gasteiger partial charge >= 0.3 is 12.4 Å². The summed E-state index contributed by atoms with van der Waals surface area (Å²) in [4.78, 5) is 14.9. The first kappa shape index (κ1) is 44.9. The molecular weight excluding hydrogens is 911 g/mol. The SMILES string of the molecule is N#Cc1cc(C#N)cc(-c2cc(-c3nc(-c4ccccc4)nc(-c4ccccc4)n3)cc(-c3cc(C#N)cc(C#N)c3)c2-n2c3ccccc3c3cc(-c4ccc(C(F)(F)F)cc4C(F)(F)F)ccc32)c1. The van der Waals surface area contributed by atoms with Crippen LogP contribution in [0.2, 0.25) is 0 Å². The van der Waals surface area contributed by atoms with Gasteiger partial charge in [0.15, 0.2) is 17.5 Å². The van der Waals surface area contributed by atoms with Crippen LogP contribution in [0.1, 0.15) is 33.4 Å². The Morgan fingerprint density at radius 1 is 0.366 bits per heavy atom. The molecular formula is C57H28F6N8. The summed E-state index contributed by atoms with van der Waals surface area (Å²) in [6, 6.07) is 53.1. The van der Waals surface area contributed by atoms with Crippen molar-refractivity contribution in [3.05, 3.63) is 203 Å². The maximum Gasteiger partial charge on any atom is 0.417 e. The van der Waals surface area contributed by atoms with Crippen LogP contribution in [0.3, 0.4) is 0 Å². The molecule has 8 aromatic carbocycles. The van der Waals surface area contributed by atoms with E-state index < -0.39 is 29.0 Å². The van der Waals surface area contributed by atoms with E-state index in [4.69, 9.17) is 15.0 Å². The van der Waals surface area contributed by atoms with Crippen LogP contribution >= 0.6 is 0 Å². The molecule has 0 saturated carbocycles. The third kappa shape index (κ3) is 8.44. The van der Waals surface area contributed by atoms with Gasteiger partial charge in [0, 0.05) is 38.6 Å². The second-order valence-corrected chi connectivity index (χ2v) is 16.3. The van der Waals surface area contributed by atoms with E-state index in [1.54, 1.807) is 66.7 Å². The minimum absolute atomic E-state index is 0.00343. The monoisotopic (exact) mass is 938 g/mol. The molecule has 0 atom stereocenters. The molecule has 71 heavy (non-hydrogen) atoms. The molecule has 0 aliphatic rings. The van der Waals surface area contributed by atoms with Gasteiger partial charge in [-0.1, -0.05) is 91.0 Å². The summed E-state index contributed by atoms with van der Waals surface area (Å²) in [6.45, 7) is 0. The van der Waals surface area contributed by atoms with Gasteiger partial charge in [0.05, 0.1) is 74.4 Å². The van der Waals surface area contributed by atoms with E-state index in [1.807, 2.05) is 65.2 Å². The van der Waals surface area contributed by atoms with Crippen molar-refractivity contribution >= 4 is 21.8 Å². The van der Waals surface area contributed by atoms with Crippen molar-refractivity contribution in [1.29, 1.82) is 21.0 Å². The first-order chi connectivity index (χ1) is 34.2. The Balaban J connectivity index is 1.35. The van der Waals surface area contributed by atoms with Crippen LogP contribution in [0.4, 0.5) is 26.3 Å². The molecule has 2 aromatic heterocycles. The number of hydrogen-bond donors (Lipinski definition) is 0. The van der Waals surface area contributed by atoms with Crippen molar-refractivity contribution in [3.8, 4) is 97.5 Å². The van der Waals surface area contributed by atoms with E-state index in [0.717, 1.165) is 6.07 Å². The van der Waals surface area contributed by atoms with Crippen molar-refractivity contribution in [2.45, 2.75) is 12.4 Å². The zero-order chi connectivity index (χ0) is 49.6. The molecule has 0 amide bonds. The summed E-state index contributed by atoms with van der Waals surface area (Å²) in [5, 5.41) is 42.1. The largest absolute Gasteiger partial charge is 0.417 e. The zero-order valence-electron chi connectivity index (χ0n) is 36.5. The molecule has 0 radical (unpaired) electrons. The second kappa shape index (κ2) is 17.6. The van der Waals surface area contributed by atoms with Crippen LogP contribution in [-0.4, -0.2) is 19.5 Å². The highest BCUT2D eigenvalue weighted by Crippen LogP contribution is 2.47. The number of benzene rings is 8. The fraction of sp³-hybridized carbons (Fsp3) is 0.0351. The van der Waals surface area contributed by atoms with Gasteiger partial charge in [-0.25, -0.2) is 15.0 Å². The van der Waals surface area contributed by atoms with Crippen molar-refractivity contribution < 1.29 is 26.3 Å². The summed E-state index contributed by atoms with van der Waals surface area (Å²) < 4.78 is 87.1. The summed E-state index contributed by atoms with van der Waals surface area (Å²) >= 11 is 0. The fourth-order valence-electron chi connectivity index (χ4n) is 8.79. The normalized spacial score (nSPS) is 11.5. The Morgan fingerprint density at radius 2 is 0.831 bits per heavy atom. The lowest BCUT2D eigenvalue weighted by Crippen LogP contribution is -2.12. The number of hydrogen-bond acceptors (Lipinski definition) is 7. The lowest BCUT2D eigenvalue weighted by atomic mass is 9.90. The van der Waals surface area contributed by atoms with E-state index in [9.17, 15) is 47.4 Å². The standard InChI is InChI=1S/C57H28F6N8/c58-56(59,60)43-16-17-44(49(28-43)57(61,62)63)39-15-18-51-48(25-39)45-13-7-8-14-50(45)71(51)52-46(40-21-33(29-64)19-34(22-40)30-65)26-42(27-47(52)41-23-35(31-66)20-36(24-41)32-67)55-69-53(37-9-3-1-4-10-37)68-54(70-55)38-11-5-2-6-12-38/h1-28H. The Labute approximate surface area is 400 Å². The molecule has 0 aliphatic heterocycles.